The fourth-order valence-electron chi connectivity index (χ4n) is 1.70. The Kier molecular flexibility index (Phi) is 3.12. The maximum atomic E-state index is 12.0. The van der Waals surface area contributed by atoms with Gasteiger partial charge in [0.05, 0.1) is 0 Å². The summed E-state index contributed by atoms with van der Waals surface area (Å²) >= 11 is 4.81. The number of nitrogens with one attached hydrogen (secondary N) is 1. The van der Waals surface area contributed by atoms with Crippen molar-refractivity contribution in [3.63, 3.8) is 0 Å². The Balaban J connectivity index is 1.89. The largest absolute Gasteiger partial charge is 0.451 e. The smallest absolute Gasteiger partial charge is 0.293 e. The number of furan rings is 1. The first-order chi connectivity index (χ1) is 9.11. The fourth-order valence-corrected chi connectivity index (χ4v) is 2.74. The van der Waals surface area contributed by atoms with Gasteiger partial charge in [-0.15, -0.1) is 11.3 Å². The molecule has 0 aliphatic heterocycles. The number of halogens is 1. The Morgan fingerprint density at radius 1 is 1.42 bits per heavy atom. The van der Waals surface area contributed by atoms with E-state index in [9.17, 15) is 4.79 Å². The van der Waals surface area contributed by atoms with E-state index in [0.717, 1.165) is 14.7 Å². The summed E-state index contributed by atoms with van der Waals surface area (Å²) in [4.78, 5) is 17.2. The molecular formula is C13H9BrN2O2S. The molecule has 0 aliphatic rings. The van der Waals surface area contributed by atoms with Gasteiger partial charge in [-0.25, -0.2) is 4.98 Å². The van der Waals surface area contributed by atoms with E-state index >= 15 is 0 Å². The summed E-state index contributed by atoms with van der Waals surface area (Å²) in [7, 11) is 0. The van der Waals surface area contributed by atoms with E-state index < -0.39 is 0 Å². The van der Waals surface area contributed by atoms with Crippen molar-refractivity contribution >= 4 is 49.3 Å². The van der Waals surface area contributed by atoms with Gasteiger partial charge in [0.15, 0.2) is 10.9 Å². The van der Waals surface area contributed by atoms with Crippen molar-refractivity contribution in [1.29, 1.82) is 0 Å². The zero-order valence-corrected chi connectivity index (χ0v) is 12.3. The molecule has 19 heavy (non-hydrogen) atoms. The molecule has 0 atom stereocenters. The van der Waals surface area contributed by atoms with Crippen molar-refractivity contribution in [2.24, 2.45) is 0 Å². The molecule has 6 heteroatoms. The van der Waals surface area contributed by atoms with Crippen LogP contribution in [0.25, 0.3) is 11.0 Å². The van der Waals surface area contributed by atoms with E-state index in [1.54, 1.807) is 12.3 Å². The number of fused-ring (bicyclic) bond motifs is 1. The zero-order valence-electron chi connectivity index (χ0n) is 9.94. The minimum Gasteiger partial charge on any atom is -0.451 e. The second kappa shape index (κ2) is 4.79. The Hall–Kier alpha value is -1.66. The third-order valence-electron chi connectivity index (χ3n) is 2.54. The molecule has 0 unspecified atom stereocenters. The van der Waals surface area contributed by atoms with Crippen molar-refractivity contribution < 1.29 is 9.21 Å². The van der Waals surface area contributed by atoms with E-state index in [1.807, 2.05) is 25.1 Å². The van der Waals surface area contributed by atoms with Gasteiger partial charge in [-0.1, -0.05) is 15.9 Å². The first-order valence-electron chi connectivity index (χ1n) is 5.55. The molecule has 0 fully saturated rings. The maximum absolute atomic E-state index is 12.0. The van der Waals surface area contributed by atoms with Gasteiger partial charge < -0.3 is 4.42 Å². The molecule has 2 aromatic heterocycles. The van der Waals surface area contributed by atoms with Crippen LogP contribution in [0, 0.1) is 6.92 Å². The van der Waals surface area contributed by atoms with Crippen LogP contribution in [0.2, 0.25) is 0 Å². The number of hydrogen-bond donors (Lipinski definition) is 1. The molecule has 3 rings (SSSR count). The van der Waals surface area contributed by atoms with Crippen LogP contribution in [0.3, 0.4) is 0 Å². The summed E-state index contributed by atoms with van der Waals surface area (Å²) < 4.78 is 6.46. The highest BCUT2D eigenvalue weighted by Crippen LogP contribution is 2.24. The molecule has 0 spiro atoms. The molecule has 0 saturated carbocycles. The number of amides is 1. The summed E-state index contributed by atoms with van der Waals surface area (Å²) in [6.45, 7) is 1.94. The number of nitrogens with zero attached hydrogens (tertiary/aromatic N) is 1. The van der Waals surface area contributed by atoms with Gasteiger partial charge in [-0.05, 0) is 31.2 Å². The molecule has 0 radical (unpaired) electrons. The van der Waals surface area contributed by atoms with E-state index in [1.165, 1.54) is 11.3 Å². The number of carbonyl (C=O) groups excluding carboxylic acids is 1. The molecular weight excluding hydrogens is 328 g/mol. The monoisotopic (exact) mass is 336 g/mol. The Morgan fingerprint density at radius 3 is 3.00 bits per heavy atom. The highest BCUT2D eigenvalue weighted by Gasteiger charge is 2.13. The molecule has 1 aromatic carbocycles. The van der Waals surface area contributed by atoms with Crippen molar-refractivity contribution in [2.45, 2.75) is 6.92 Å². The Morgan fingerprint density at radius 2 is 2.26 bits per heavy atom. The molecule has 4 nitrogen and oxygen atoms in total. The number of carbonyl (C=O) groups is 1. The second-order valence-corrected chi connectivity index (χ2v) is 6.17. The average Bonchev–Trinajstić information content (AvgIpc) is 2.95. The van der Waals surface area contributed by atoms with E-state index in [2.05, 4.69) is 26.2 Å². The lowest BCUT2D eigenvalue weighted by Crippen LogP contribution is -2.10. The van der Waals surface area contributed by atoms with Crippen LogP contribution < -0.4 is 5.32 Å². The Bertz CT molecular complexity index is 763. The lowest BCUT2D eigenvalue weighted by atomic mass is 10.2. The predicted molar refractivity (Wildman–Crippen MR) is 78.7 cm³/mol. The van der Waals surface area contributed by atoms with Gasteiger partial charge in [-0.3, -0.25) is 10.1 Å². The third kappa shape index (κ3) is 2.54. The van der Waals surface area contributed by atoms with Gasteiger partial charge in [0.2, 0.25) is 0 Å². The Labute approximate surface area is 121 Å². The van der Waals surface area contributed by atoms with E-state index in [0.29, 0.717) is 10.7 Å². The number of anilines is 1. The van der Waals surface area contributed by atoms with Gasteiger partial charge >= 0.3 is 0 Å². The van der Waals surface area contributed by atoms with Crippen molar-refractivity contribution in [3.8, 4) is 0 Å². The normalized spacial score (nSPS) is 10.8. The molecule has 96 valence electrons. The van der Waals surface area contributed by atoms with Crippen molar-refractivity contribution in [2.75, 3.05) is 5.32 Å². The number of aromatic nitrogens is 1. The first-order valence-corrected chi connectivity index (χ1v) is 7.15. The number of thiazole rings is 1. The summed E-state index contributed by atoms with van der Waals surface area (Å²) in [5.74, 6) is -0.0115. The molecule has 0 bridgehead atoms. The van der Waals surface area contributed by atoms with Crippen LogP contribution in [0.5, 0.6) is 0 Å². The topological polar surface area (TPSA) is 55.1 Å². The van der Waals surface area contributed by atoms with Gasteiger partial charge in [0.25, 0.3) is 5.91 Å². The number of hydrogen-bond acceptors (Lipinski definition) is 4. The van der Waals surface area contributed by atoms with Crippen LogP contribution >= 0.6 is 27.3 Å². The zero-order chi connectivity index (χ0) is 13.4. The number of rotatable bonds is 2. The van der Waals surface area contributed by atoms with Crippen LogP contribution in [-0.2, 0) is 0 Å². The molecule has 1 amide bonds. The lowest BCUT2D eigenvalue weighted by molar-refractivity contribution is 0.0998. The molecule has 0 saturated heterocycles. The summed E-state index contributed by atoms with van der Waals surface area (Å²) in [6.07, 6.45) is 1.72. The highest BCUT2D eigenvalue weighted by molar-refractivity contribution is 9.10. The van der Waals surface area contributed by atoms with E-state index in [-0.39, 0.29) is 11.7 Å². The fraction of sp³-hybridized carbons (Fsp3) is 0.0769. The maximum Gasteiger partial charge on any atom is 0.293 e. The van der Waals surface area contributed by atoms with Crippen LogP contribution in [0.1, 0.15) is 15.4 Å². The second-order valence-electron chi connectivity index (χ2n) is 4.02. The van der Waals surface area contributed by atoms with Crippen LogP contribution in [0.15, 0.2) is 39.4 Å². The van der Waals surface area contributed by atoms with Crippen molar-refractivity contribution in [1.82, 2.24) is 4.98 Å². The van der Waals surface area contributed by atoms with Crippen LogP contribution in [0.4, 0.5) is 5.13 Å². The molecule has 0 aliphatic carbocycles. The molecule has 1 N–H and O–H groups in total. The minimum atomic E-state index is -0.290. The first kappa shape index (κ1) is 12.4. The number of benzene rings is 1. The average molecular weight is 337 g/mol. The van der Waals surface area contributed by atoms with Gasteiger partial charge in [0, 0.05) is 20.9 Å². The summed E-state index contributed by atoms with van der Waals surface area (Å²) in [5.41, 5.74) is 0.684. The highest BCUT2D eigenvalue weighted by atomic mass is 79.9. The molecule has 2 heterocycles. The minimum absolute atomic E-state index is 0.279. The van der Waals surface area contributed by atoms with Crippen LogP contribution in [-0.4, -0.2) is 10.9 Å². The summed E-state index contributed by atoms with van der Waals surface area (Å²) in [5, 5.41) is 4.18. The lowest BCUT2D eigenvalue weighted by Gasteiger charge is -1.96. The SMILES string of the molecule is Cc1cnc(NC(=O)c2cc3cc(Br)ccc3o2)s1. The van der Waals surface area contributed by atoms with Gasteiger partial charge in [0.1, 0.15) is 5.58 Å². The quantitative estimate of drug-likeness (QED) is 0.762. The predicted octanol–water partition coefficient (Wildman–Crippen LogP) is 4.21. The van der Waals surface area contributed by atoms with E-state index in [4.69, 9.17) is 4.42 Å². The summed E-state index contributed by atoms with van der Waals surface area (Å²) in [6, 6.07) is 7.32. The van der Waals surface area contributed by atoms with Crippen molar-refractivity contribution in [3.05, 3.63) is 45.6 Å². The standard InChI is InChI=1S/C13H9BrN2O2S/c1-7-6-15-13(19-7)16-12(17)11-5-8-4-9(14)2-3-10(8)18-11/h2-6H,1H3,(H,15,16,17). The number of aryl methyl sites for hydroxylation is 1. The third-order valence-corrected chi connectivity index (χ3v) is 3.87. The van der Waals surface area contributed by atoms with Gasteiger partial charge in [-0.2, -0.15) is 0 Å². The molecule has 3 aromatic rings.